The van der Waals surface area contributed by atoms with E-state index in [2.05, 4.69) is 15.3 Å². The number of carboxylic acids is 2. The Kier molecular flexibility index (Phi) is 13.6. The number of amides is 1. The Labute approximate surface area is 243 Å². The summed E-state index contributed by atoms with van der Waals surface area (Å²) in [6.07, 6.45) is 0.425. The molecule has 3 rings (SSSR count). The largest absolute Gasteiger partial charge is 0.493 e. The third-order valence-electron chi connectivity index (χ3n) is 5.59. The number of carboxylic acid groups (broad SMARTS) is 2. The standard InChI is InChI=1S/C22H24ClFN4O4.C4H6O6/c1-31-19-12-18-15(11-20(19)32-9-5-3-2-4-6-21(29)28-30)22(26-13-25-18)27-14-7-8-17(24)16(23)10-14;5-1(3(7)8)2(6)4(9)10/h7-8,10-13,30H,2-6,9H2,1H3,(H,28,29)(H,25,26,27);1-2,5-6H,(H,7,8)(H,9,10). The van der Waals surface area contributed by atoms with Gasteiger partial charge in [-0.1, -0.05) is 24.4 Å². The number of hydroxylamine groups is 1. The van der Waals surface area contributed by atoms with Crippen LogP contribution in [0.3, 0.4) is 0 Å². The van der Waals surface area contributed by atoms with Crippen molar-refractivity contribution < 1.29 is 53.9 Å². The van der Waals surface area contributed by atoms with E-state index in [1.165, 1.54) is 18.5 Å². The van der Waals surface area contributed by atoms with Crippen molar-refractivity contribution in [3.05, 3.63) is 47.5 Å². The first-order chi connectivity index (χ1) is 20.0. The lowest BCUT2D eigenvalue weighted by molar-refractivity contribution is -0.165. The Balaban J connectivity index is 0.000000528. The number of hydrogen-bond donors (Lipinski definition) is 7. The van der Waals surface area contributed by atoms with Gasteiger partial charge in [-0.2, -0.15) is 0 Å². The van der Waals surface area contributed by atoms with E-state index >= 15 is 0 Å². The van der Waals surface area contributed by atoms with Crippen LogP contribution in [0.5, 0.6) is 11.5 Å². The number of methoxy groups -OCH3 is 1. The molecule has 0 aliphatic carbocycles. The third-order valence-corrected chi connectivity index (χ3v) is 5.88. The van der Waals surface area contributed by atoms with Gasteiger partial charge in [0.05, 0.1) is 24.3 Å². The smallest absolute Gasteiger partial charge is 0.335 e. The summed E-state index contributed by atoms with van der Waals surface area (Å²) < 4.78 is 24.8. The van der Waals surface area contributed by atoms with Crippen LogP contribution in [0.15, 0.2) is 36.7 Å². The minimum Gasteiger partial charge on any atom is -0.493 e. The quantitative estimate of drug-likeness (QED) is 0.0791. The SMILES string of the molecule is COc1cc2ncnc(Nc3ccc(F)c(Cl)c3)c2cc1OCCCCCCC(=O)NO.O=C(O)C(O)C(O)C(=O)O. The molecule has 0 bridgehead atoms. The summed E-state index contributed by atoms with van der Waals surface area (Å²) in [5.41, 5.74) is 2.87. The van der Waals surface area contributed by atoms with Crippen molar-refractivity contribution in [3.8, 4) is 11.5 Å². The number of anilines is 2. The summed E-state index contributed by atoms with van der Waals surface area (Å²) in [6, 6.07) is 7.90. The summed E-state index contributed by atoms with van der Waals surface area (Å²) in [5.74, 6) is -2.79. The van der Waals surface area contributed by atoms with Crippen molar-refractivity contribution in [3.63, 3.8) is 0 Å². The van der Waals surface area contributed by atoms with Gasteiger partial charge in [-0.25, -0.2) is 29.4 Å². The lowest BCUT2D eigenvalue weighted by atomic mass is 10.1. The topological polar surface area (TPSA) is 221 Å². The van der Waals surface area contributed by atoms with Gasteiger partial charge in [0.2, 0.25) is 5.91 Å². The second-order valence-electron chi connectivity index (χ2n) is 8.61. The second kappa shape index (κ2) is 16.8. The fourth-order valence-corrected chi connectivity index (χ4v) is 3.58. The fourth-order valence-electron chi connectivity index (χ4n) is 3.40. The number of carbonyl (C=O) groups is 3. The summed E-state index contributed by atoms with van der Waals surface area (Å²) in [4.78, 5) is 39.1. The first kappa shape index (κ1) is 33.9. The molecule has 0 fully saturated rings. The third kappa shape index (κ3) is 10.3. The molecule has 0 saturated carbocycles. The van der Waals surface area contributed by atoms with Crippen molar-refractivity contribution in [2.75, 3.05) is 19.0 Å². The van der Waals surface area contributed by atoms with Crippen molar-refractivity contribution in [1.29, 1.82) is 0 Å². The van der Waals surface area contributed by atoms with Gasteiger partial charge in [0.15, 0.2) is 23.7 Å². The van der Waals surface area contributed by atoms with Crippen LogP contribution < -0.4 is 20.3 Å². The minimum atomic E-state index is -2.27. The highest BCUT2D eigenvalue weighted by atomic mass is 35.5. The zero-order valence-electron chi connectivity index (χ0n) is 22.3. The van der Waals surface area contributed by atoms with E-state index in [1.807, 2.05) is 0 Å². The molecule has 42 heavy (non-hydrogen) atoms. The lowest BCUT2D eigenvalue weighted by Crippen LogP contribution is -2.39. The number of halogens is 2. The monoisotopic (exact) mass is 612 g/mol. The van der Waals surface area contributed by atoms with Crippen molar-refractivity contribution in [2.45, 2.75) is 44.3 Å². The average Bonchev–Trinajstić information content (AvgIpc) is 2.97. The Morgan fingerprint density at radius 3 is 2.24 bits per heavy atom. The highest BCUT2D eigenvalue weighted by molar-refractivity contribution is 6.31. The Morgan fingerprint density at radius 2 is 1.64 bits per heavy atom. The molecule has 2 atom stereocenters. The molecule has 2 unspecified atom stereocenters. The van der Waals surface area contributed by atoms with E-state index < -0.39 is 30.0 Å². The number of aliphatic hydroxyl groups excluding tert-OH is 2. The number of aliphatic carboxylic acids is 2. The van der Waals surface area contributed by atoms with Crippen LogP contribution in [0, 0.1) is 5.82 Å². The van der Waals surface area contributed by atoms with Crippen molar-refractivity contribution >= 4 is 51.9 Å². The molecule has 0 saturated heterocycles. The van der Waals surface area contributed by atoms with E-state index in [4.69, 9.17) is 46.7 Å². The Bertz CT molecular complexity index is 1360. The number of ether oxygens (including phenoxy) is 2. The van der Waals surface area contributed by atoms with E-state index in [0.717, 1.165) is 19.3 Å². The number of benzene rings is 2. The number of nitrogens with zero attached hydrogens (tertiary/aromatic N) is 2. The van der Waals surface area contributed by atoms with Crippen LogP contribution in [0.4, 0.5) is 15.9 Å². The molecule has 0 radical (unpaired) electrons. The van der Waals surface area contributed by atoms with Gasteiger partial charge < -0.3 is 35.2 Å². The molecular weight excluding hydrogens is 583 g/mol. The molecule has 0 aliphatic heterocycles. The predicted molar refractivity (Wildman–Crippen MR) is 147 cm³/mol. The molecule has 1 amide bonds. The van der Waals surface area contributed by atoms with Gasteiger partial charge in [0.1, 0.15) is 18.0 Å². The van der Waals surface area contributed by atoms with E-state index in [9.17, 15) is 18.8 Å². The maximum Gasteiger partial charge on any atom is 0.335 e. The van der Waals surface area contributed by atoms with E-state index in [1.54, 1.807) is 30.8 Å². The van der Waals surface area contributed by atoms with Crippen LogP contribution >= 0.6 is 11.6 Å². The molecular formula is C26H30ClFN4O10. The molecule has 1 aromatic heterocycles. The van der Waals surface area contributed by atoms with Gasteiger partial charge in [-0.05, 0) is 37.1 Å². The molecule has 16 heteroatoms. The van der Waals surface area contributed by atoms with Gasteiger partial charge in [0.25, 0.3) is 0 Å². The number of fused-ring (bicyclic) bond motifs is 1. The minimum absolute atomic E-state index is 0.0102. The summed E-state index contributed by atoms with van der Waals surface area (Å²) in [5, 5.41) is 44.9. The van der Waals surface area contributed by atoms with E-state index in [0.29, 0.717) is 53.4 Å². The highest BCUT2D eigenvalue weighted by Crippen LogP contribution is 2.35. The molecule has 0 spiro atoms. The summed E-state index contributed by atoms with van der Waals surface area (Å²) in [7, 11) is 1.56. The number of hydrogen-bond acceptors (Lipinski definition) is 11. The zero-order valence-corrected chi connectivity index (χ0v) is 23.0. The first-order valence-electron chi connectivity index (χ1n) is 12.4. The normalized spacial score (nSPS) is 12.0. The fraction of sp³-hybridized carbons (Fsp3) is 0.346. The van der Waals surface area contributed by atoms with Crippen LogP contribution in [-0.4, -0.2) is 79.4 Å². The van der Waals surface area contributed by atoms with Gasteiger partial charge in [0, 0.05) is 23.6 Å². The number of rotatable bonds is 14. The summed E-state index contributed by atoms with van der Waals surface area (Å²) >= 11 is 5.87. The average molecular weight is 613 g/mol. The summed E-state index contributed by atoms with van der Waals surface area (Å²) in [6.45, 7) is 0.470. The Hall–Kier alpha value is -4.31. The molecule has 2 aromatic carbocycles. The van der Waals surface area contributed by atoms with Crippen LogP contribution in [0.25, 0.3) is 10.9 Å². The molecule has 3 aromatic rings. The van der Waals surface area contributed by atoms with Crippen LogP contribution in [0.2, 0.25) is 5.02 Å². The molecule has 7 N–H and O–H groups in total. The maximum atomic E-state index is 13.5. The van der Waals surface area contributed by atoms with Gasteiger partial charge >= 0.3 is 11.9 Å². The predicted octanol–water partition coefficient (Wildman–Crippen LogP) is 2.89. The number of unbranched alkanes of at least 4 members (excludes halogenated alkanes) is 3. The first-order valence-corrected chi connectivity index (χ1v) is 12.8. The maximum absolute atomic E-state index is 13.5. The van der Waals surface area contributed by atoms with E-state index in [-0.39, 0.29) is 10.9 Å². The highest BCUT2D eigenvalue weighted by Gasteiger charge is 2.29. The second-order valence-corrected chi connectivity index (χ2v) is 9.02. The molecule has 0 aliphatic rings. The zero-order chi connectivity index (χ0) is 31.2. The van der Waals surface area contributed by atoms with Crippen molar-refractivity contribution in [2.24, 2.45) is 0 Å². The lowest BCUT2D eigenvalue weighted by Gasteiger charge is -2.14. The number of carbonyl (C=O) groups excluding carboxylic acids is 1. The number of aromatic nitrogens is 2. The number of nitrogens with one attached hydrogen (secondary N) is 2. The molecule has 14 nitrogen and oxygen atoms in total. The molecule has 228 valence electrons. The van der Waals surface area contributed by atoms with Gasteiger partial charge in [-0.3, -0.25) is 10.0 Å². The Morgan fingerprint density at radius 1 is 0.976 bits per heavy atom. The van der Waals surface area contributed by atoms with Gasteiger partial charge in [-0.15, -0.1) is 0 Å². The van der Waals surface area contributed by atoms with Crippen LogP contribution in [0.1, 0.15) is 32.1 Å². The van der Waals surface area contributed by atoms with Crippen LogP contribution in [-0.2, 0) is 14.4 Å². The number of aliphatic hydroxyl groups is 2. The molecule has 1 heterocycles. The van der Waals surface area contributed by atoms with Crippen molar-refractivity contribution in [1.82, 2.24) is 15.4 Å².